The smallest absolute Gasteiger partial charge is 0.335 e. The van der Waals surface area contributed by atoms with Crippen LogP contribution in [0.5, 0.6) is 5.75 Å². The van der Waals surface area contributed by atoms with Crippen LogP contribution in [0.4, 0.5) is 0 Å². The Hall–Kier alpha value is -2.86. The van der Waals surface area contributed by atoms with Crippen molar-refractivity contribution < 1.29 is 19.4 Å². The number of carboxylic acid groups (broad SMARTS) is 1. The minimum Gasteiger partial charge on any atom is -0.488 e. The fraction of sp³-hybridized carbons (Fsp3) is 0.261. The molecule has 1 amide bonds. The van der Waals surface area contributed by atoms with Gasteiger partial charge in [-0.15, -0.1) is 0 Å². The summed E-state index contributed by atoms with van der Waals surface area (Å²) in [5.41, 5.74) is 1.92. The second kappa shape index (κ2) is 10.3. The molecule has 1 saturated carbocycles. The molecular formula is C23H21IN2O4. The molecule has 0 aromatic heterocycles. The van der Waals surface area contributed by atoms with Crippen molar-refractivity contribution in [2.75, 3.05) is 0 Å². The molecule has 0 bridgehead atoms. The zero-order valence-electron chi connectivity index (χ0n) is 16.2. The number of aromatic carboxylic acids is 1. The third-order valence-electron chi connectivity index (χ3n) is 4.92. The molecule has 0 atom stereocenters. The van der Waals surface area contributed by atoms with Crippen LogP contribution in [0.2, 0.25) is 0 Å². The largest absolute Gasteiger partial charge is 0.488 e. The predicted molar refractivity (Wildman–Crippen MR) is 121 cm³/mol. The van der Waals surface area contributed by atoms with Crippen molar-refractivity contribution in [3.05, 3.63) is 68.3 Å². The molecule has 6 nitrogen and oxygen atoms in total. The zero-order valence-corrected chi connectivity index (χ0v) is 18.4. The van der Waals surface area contributed by atoms with Gasteiger partial charge in [0.2, 0.25) is 0 Å². The molecule has 2 aromatic carbocycles. The van der Waals surface area contributed by atoms with Gasteiger partial charge in [0.05, 0.1) is 9.13 Å². The number of rotatable bonds is 7. The van der Waals surface area contributed by atoms with Crippen molar-refractivity contribution in [2.24, 2.45) is 0 Å². The summed E-state index contributed by atoms with van der Waals surface area (Å²) in [4.78, 5) is 23.3. The van der Waals surface area contributed by atoms with Gasteiger partial charge in [-0.25, -0.2) is 4.79 Å². The van der Waals surface area contributed by atoms with Crippen molar-refractivity contribution in [2.45, 2.75) is 38.3 Å². The summed E-state index contributed by atoms with van der Waals surface area (Å²) in [5.74, 6) is -0.622. The molecule has 30 heavy (non-hydrogen) atoms. The maximum Gasteiger partial charge on any atom is 0.335 e. The summed E-state index contributed by atoms with van der Waals surface area (Å²) >= 11 is 2.14. The molecule has 0 saturated heterocycles. The Morgan fingerprint density at radius 1 is 1.20 bits per heavy atom. The van der Waals surface area contributed by atoms with E-state index in [1.54, 1.807) is 42.5 Å². The van der Waals surface area contributed by atoms with Crippen LogP contribution >= 0.6 is 22.6 Å². The number of hydrogen-bond acceptors (Lipinski definition) is 4. The van der Waals surface area contributed by atoms with Gasteiger partial charge in [0.1, 0.15) is 24.0 Å². The lowest BCUT2D eigenvalue weighted by Crippen LogP contribution is -2.33. The zero-order chi connectivity index (χ0) is 21.5. The molecule has 1 fully saturated rings. The van der Waals surface area contributed by atoms with Crippen LogP contribution in [0.15, 0.2) is 48.0 Å². The first-order valence-corrected chi connectivity index (χ1v) is 10.7. The molecule has 3 rings (SSSR count). The quantitative estimate of drug-likeness (QED) is 0.320. The number of hydrogen-bond donors (Lipinski definition) is 2. The molecule has 7 heteroatoms. The number of halogens is 1. The molecule has 0 spiro atoms. The van der Waals surface area contributed by atoms with Crippen LogP contribution in [-0.2, 0) is 11.4 Å². The van der Waals surface area contributed by atoms with Gasteiger partial charge in [0.15, 0.2) is 0 Å². The highest BCUT2D eigenvalue weighted by Crippen LogP contribution is 2.25. The van der Waals surface area contributed by atoms with Gasteiger partial charge in [-0.05, 0) is 76.9 Å². The minimum absolute atomic E-state index is 0.0879. The lowest BCUT2D eigenvalue weighted by atomic mass is 10.1. The second-order valence-corrected chi connectivity index (χ2v) is 8.27. The lowest BCUT2D eigenvalue weighted by molar-refractivity contribution is -0.117. The lowest BCUT2D eigenvalue weighted by Gasteiger charge is -2.11. The highest BCUT2D eigenvalue weighted by atomic mass is 127. The van der Waals surface area contributed by atoms with Crippen molar-refractivity contribution in [1.29, 1.82) is 5.26 Å². The summed E-state index contributed by atoms with van der Waals surface area (Å²) in [6.07, 6.45) is 5.74. The molecule has 1 aliphatic rings. The normalized spacial score (nSPS) is 14.2. The number of amides is 1. The first-order valence-electron chi connectivity index (χ1n) is 9.63. The number of benzene rings is 2. The molecule has 0 heterocycles. The third-order valence-corrected chi connectivity index (χ3v) is 5.76. The standard InChI is InChI=1S/C23H21IN2O4/c24-20-12-16(11-18(13-25)22(27)26-19-3-1-2-4-19)7-10-21(20)30-14-15-5-8-17(9-6-15)23(28)29/h5-12,19H,1-4,14H2,(H,26,27)(H,28,29)/b18-11-. The summed E-state index contributed by atoms with van der Waals surface area (Å²) in [6.45, 7) is 0.304. The Kier molecular flexibility index (Phi) is 7.46. The monoisotopic (exact) mass is 516 g/mol. The maximum atomic E-state index is 12.3. The predicted octanol–water partition coefficient (Wildman–Crippen LogP) is 4.53. The van der Waals surface area contributed by atoms with Crippen LogP contribution in [0.3, 0.4) is 0 Å². The summed E-state index contributed by atoms with van der Waals surface area (Å²) in [5, 5.41) is 21.3. The van der Waals surface area contributed by atoms with Gasteiger partial charge in [-0.3, -0.25) is 4.79 Å². The molecule has 154 valence electrons. The number of nitrogens with zero attached hydrogens (tertiary/aromatic N) is 1. The Balaban J connectivity index is 1.64. The van der Waals surface area contributed by atoms with Gasteiger partial charge in [0.25, 0.3) is 5.91 Å². The molecule has 0 unspecified atom stereocenters. The van der Waals surface area contributed by atoms with Gasteiger partial charge >= 0.3 is 5.97 Å². The summed E-state index contributed by atoms with van der Waals surface area (Å²) in [6, 6.07) is 14.1. The average Bonchev–Trinajstić information content (AvgIpc) is 3.24. The Morgan fingerprint density at radius 2 is 1.90 bits per heavy atom. The fourth-order valence-corrected chi connectivity index (χ4v) is 3.97. The van der Waals surface area contributed by atoms with E-state index in [-0.39, 0.29) is 23.1 Å². The van der Waals surface area contributed by atoms with Gasteiger partial charge in [-0.2, -0.15) is 5.26 Å². The highest BCUT2D eigenvalue weighted by Gasteiger charge is 2.19. The van der Waals surface area contributed by atoms with Gasteiger partial charge in [-0.1, -0.05) is 31.0 Å². The molecule has 2 aromatic rings. The van der Waals surface area contributed by atoms with Crippen molar-refractivity contribution in [3.8, 4) is 11.8 Å². The van der Waals surface area contributed by atoms with E-state index in [1.807, 2.05) is 12.1 Å². The molecule has 0 aliphatic heterocycles. The minimum atomic E-state index is -0.964. The maximum absolute atomic E-state index is 12.3. The average molecular weight is 516 g/mol. The van der Waals surface area contributed by atoms with Gasteiger partial charge < -0.3 is 15.2 Å². The number of carbonyl (C=O) groups excluding carboxylic acids is 1. The van der Waals surface area contributed by atoms with Crippen molar-refractivity contribution in [1.82, 2.24) is 5.32 Å². The molecule has 2 N–H and O–H groups in total. The highest BCUT2D eigenvalue weighted by molar-refractivity contribution is 14.1. The molecule has 1 aliphatic carbocycles. The summed E-state index contributed by atoms with van der Waals surface area (Å²) in [7, 11) is 0. The fourth-order valence-electron chi connectivity index (χ4n) is 3.28. The Bertz CT molecular complexity index is 1000. The van der Waals surface area contributed by atoms with Crippen LogP contribution < -0.4 is 10.1 Å². The van der Waals surface area contributed by atoms with Crippen LogP contribution in [0.25, 0.3) is 6.08 Å². The van der Waals surface area contributed by atoms with Crippen LogP contribution in [0, 0.1) is 14.9 Å². The first kappa shape index (κ1) is 21.8. The van der Waals surface area contributed by atoms with Crippen molar-refractivity contribution in [3.63, 3.8) is 0 Å². The van der Waals surface area contributed by atoms with E-state index in [2.05, 4.69) is 27.9 Å². The Labute approximate surface area is 188 Å². The number of ether oxygens (including phenoxy) is 1. The van der Waals surface area contributed by atoms with E-state index in [0.29, 0.717) is 12.4 Å². The second-order valence-electron chi connectivity index (χ2n) is 7.11. The van der Waals surface area contributed by atoms with E-state index in [0.717, 1.165) is 40.4 Å². The van der Waals surface area contributed by atoms with Crippen LogP contribution in [-0.4, -0.2) is 23.0 Å². The van der Waals surface area contributed by atoms with Crippen LogP contribution in [0.1, 0.15) is 47.2 Å². The number of carbonyl (C=O) groups is 2. The molecular weight excluding hydrogens is 495 g/mol. The van der Waals surface area contributed by atoms with E-state index >= 15 is 0 Å². The van der Waals surface area contributed by atoms with Gasteiger partial charge in [0, 0.05) is 6.04 Å². The third kappa shape index (κ3) is 5.83. The van der Waals surface area contributed by atoms with E-state index in [4.69, 9.17) is 9.84 Å². The topological polar surface area (TPSA) is 99.4 Å². The van der Waals surface area contributed by atoms with E-state index < -0.39 is 5.97 Å². The molecule has 0 radical (unpaired) electrons. The Morgan fingerprint density at radius 3 is 2.50 bits per heavy atom. The first-order chi connectivity index (χ1) is 14.5. The number of nitriles is 1. The van der Waals surface area contributed by atoms with Crippen molar-refractivity contribution >= 4 is 40.5 Å². The SMILES string of the molecule is N#C/C(=C/c1ccc(OCc2ccc(C(=O)O)cc2)c(I)c1)C(=O)NC1CCCC1. The number of carboxylic acids is 1. The van der Waals surface area contributed by atoms with E-state index in [9.17, 15) is 14.9 Å². The summed E-state index contributed by atoms with van der Waals surface area (Å²) < 4.78 is 6.67. The van der Waals surface area contributed by atoms with E-state index in [1.165, 1.54) is 0 Å². The number of nitrogens with one attached hydrogen (secondary N) is 1.